The van der Waals surface area contributed by atoms with Crippen molar-refractivity contribution in [2.45, 2.75) is 33.2 Å². The smallest absolute Gasteiger partial charge is 0.252 e. The number of hydrogen-bond acceptors (Lipinski definition) is 3. The predicted molar refractivity (Wildman–Crippen MR) is 108 cm³/mol. The molecule has 26 heavy (non-hydrogen) atoms. The van der Waals surface area contributed by atoms with E-state index >= 15 is 0 Å². The van der Waals surface area contributed by atoms with Gasteiger partial charge < -0.3 is 15.5 Å². The number of carbonyl (C=O) groups is 1. The van der Waals surface area contributed by atoms with Crippen LogP contribution in [-0.2, 0) is 4.79 Å². The molecule has 0 bridgehead atoms. The monoisotopic (exact) mass is 353 g/mol. The second-order valence-corrected chi connectivity index (χ2v) is 5.81. The highest BCUT2D eigenvalue weighted by molar-refractivity contribution is 6.05. The zero-order valence-electron chi connectivity index (χ0n) is 15.8. The van der Waals surface area contributed by atoms with Gasteiger partial charge in [0.2, 0.25) is 0 Å². The Balaban J connectivity index is 3.87. The number of aliphatic hydroxyl groups excluding tert-OH is 2. The van der Waals surface area contributed by atoms with Crippen molar-refractivity contribution in [3.8, 4) is 0 Å². The van der Waals surface area contributed by atoms with Gasteiger partial charge in [-0.15, -0.1) is 0 Å². The fraction of sp³-hybridized carbons (Fsp3) is 0.227. The van der Waals surface area contributed by atoms with E-state index in [1.165, 1.54) is 6.08 Å². The van der Waals surface area contributed by atoms with Crippen LogP contribution in [0.15, 0.2) is 95.6 Å². The largest absolute Gasteiger partial charge is 0.513 e. The SMILES string of the molecule is C=C/C(=C\C=C(/C)O)C1(C(/C=C\C(=C)O)=C/C)NC(=O)C(=C/C)/C1=C\C. The van der Waals surface area contributed by atoms with Crippen LogP contribution < -0.4 is 5.32 Å². The molecule has 4 nitrogen and oxygen atoms in total. The summed E-state index contributed by atoms with van der Waals surface area (Å²) < 4.78 is 0. The average molecular weight is 353 g/mol. The van der Waals surface area contributed by atoms with Crippen LogP contribution in [-0.4, -0.2) is 21.7 Å². The molecular formula is C22H27NO3. The molecule has 1 aliphatic heterocycles. The Morgan fingerprint density at radius 3 is 2.15 bits per heavy atom. The molecule has 1 amide bonds. The summed E-state index contributed by atoms with van der Waals surface area (Å²) in [6, 6.07) is 0. The lowest BCUT2D eigenvalue weighted by molar-refractivity contribution is -0.116. The Bertz CT molecular complexity index is 784. The van der Waals surface area contributed by atoms with Crippen LogP contribution in [0.25, 0.3) is 0 Å². The van der Waals surface area contributed by atoms with Crippen LogP contribution in [0.1, 0.15) is 27.7 Å². The van der Waals surface area contributed by atoms with Gasteiger partial charge in [0.05, 0.1) is 5.76 Å². The number of rotatable bonds is 6. The molecular weight excluding hydrogens is 326 g/mol. The standard InChI is InChI=1S/C22H27NO3/c1-7-17(13-11-15(5)24)22(18(8-2)14-12-16(6)25)20(10-4)19(9-3)21(26)23-22/h7-14,24-25H,1,6H2,2-5H3,(H,23,26)/b14-12-,15-11+,17-13+,18-8+,19-9+,20-10+. The predicted octanol–water partition coefficient (Wildman–Crippen LogP) is 4.90. The molecule has 0 spiro atoms. The fourth-order valence-electron chi connectivity index (χ4n) is 3.09. The number of aliphatic hydroxyl groups is 2. The number of allylic oxidation sites excluding steroid dienone is 7. The van der Waals surface area contributed by atoms with Crippen LogP contribution in [0.2, 0.25) is 0 Å². The fourth-order valence-corrected chi connectivity index (χ4v) is 3.09. The highest BCUT2D eigenvalue weighted by Gasteiger charge is 2.48. The Morgan fingerprint density at radius 1 is 1.08 bits per heavy atom. The molecule has 0 aromatic heterocycles. The zero-order valence-corrected chi connectivity index (χ0v) is 15.8. The minimum atomic E-state index is -0.984. The summed E-state index contributed by atoms with van der Waals surface area (Å²) in [5.74, 6) is -0.153. The van der Waals surface area contributed by atoms with Gasteiger partial charge in [0.15, 0.2) is 0 Å². The van der Waals surface area contributed by atoms with Gasteiger partial charge in [-0.2, -0.15) is 0 Å². The van der Waals surface area contributed by atoms with E-state index in [0.717, 1.165) is 11.1 Å². The summed E-state index contributed by atoms with van der Waals surface area (Å²) in [7, 11) is 0. The molecule has 1 heterocycles. The summed E-state index contributed by atoms with van der Waals surface area (Å²) in [5.41, 5.74) is 1.79. The highest BCUT2D eigenvalue weighted by atomic mass is 16.3. The van der Waals surface area contributed by atoms with Crippen LogP contribution in [0.5, 0.6) is 0 Å². The van der Waals surface area contributed by atoms with Crippen molar-refractivity contribution in [2.75, 3.05) is 0 Å². The maximum atomic E-state index is 12.6. The third-order valence-corrected chi connectivity index (χ3v) is 4.17. The van der Waals surface area contributed by atoms with Crippen molar-refractivity contribution in [3.63, 3.8) is 0 Å². The quantitative estimate of drug-likeness (QED) is 0.361. The molecule has 1 saturated heterocycles. The Morgan fingerprint density at radius 2 is 1.73 bits per heavy atom. The average Bonchev–Trinajstić information content (AvgIpc) is 2.87. The van der Waals surface area contributed by atoms with Crippen molar-refractivity contribution in [1.29, 1.82) is 0 Å². The van der Waals surface area contributed by atoms with Crippen molar-refractivity contribution in [1.82, 2.24) is 5.32 Å². The van der Waals surface area contributed by atoms with Crippen LogP contribution in [0.3, 0.4) is 0 Å². The maximum Gasteiger partial charge on any atom is 0.252 e. The van der Waals surface area contributed by atoms with Gasteiger partial charge in [-0.25, -0.2) is 0 Å². The summed E-state index contributed by atoms with van der Waals surface area (Å²) >= 11 is 0. The molecule has 0 aliphatic carbocycles. The molecule has 0 radical (unpaired) electrons. The van der Waals surface area contributed by atoms with Gasteiger partial charge in [-0.3, -0.25) is 4.79 Å². The van der Waals surface area contributed by atoms with E-state index in [9.17, 15) is 15.0 Å². The molecule has 1 unspecified atom stereocenters. The zero-order chi connectivity index (χ0) is 19.9. The number of nitrogens with one attached hydrogen (secondary N) is 1. The summed E-state index contributed by atoms with van der Waals surface area (Å²) in [6.45, 7) is 14.5. The van der Waals surface area contributed by atoms with Gasteiger partial charge >= 0.3 is 0 Å². The molecule has 0 aromatic carbocycles. The van der Waals surface area contributed by atoms with Gasteiger partial charge in [0, 0.05) is 5.57 Å². The Kier molecular flexibility index (Phi) is 7.20. The van der Waals surface area contributed by atoms with E-state index in [-0.39, 0.29) is 17.4 Å². The molecule has 1 atom stereocenters. The van der Waals surface area contributed by atoms with E-state index in [4.69, 9.17) is 0 Å². The highest BCUT2D eigenvalue weighted by Crippen LogP contribution is 2.43. The number of hydrogen-bond donors (Lipinski definition) is 3. The van der Waals surface area contributed by atoms with Crippen molar-refractivity contribution in [3.05, 3.63) is 95.6 Å². The van der Waals surface area contributed by atoms with E-state index in [1.54, 1.807) is 37.3 Å². The van der Waals surface area contributed by atoms with Gasteiger partial charge in [0.25, 0.3) is 5.91 Å². The van der Waals surface area contributed by atoms with Crippen LogP contribution >= 0.6 is 0 Å². The molecule has 4 heteroatoms. The maximum absolute atomic E-state index is 12.6. The molecule has 3 N–H and O–H groups in total. The van der Waals surface area contributed by atoms with E-state index in [1.807, 2.05) is 32.9 Å². The van der Waals surface area contributed by atoms with E-state index in [0.29, 0.717) is 11.1 Å². The Hall–Kier alpha value is -3.01. The lowest BCUT2D eigenvalue weighted by atomic mass is 9.75. The van der Waals surface area contributed by atoms with Crippen molar-refractivity contribution >= 4 is 5.91 Å². The number of amides is 1. The summed E-state index contributed by atoms with van der Waals surface area (Å²) in [4.78, 5) is 12.6. The number of carbonyl (C=O) groups excluding carboxylic acids is 1. The third-order valence-electron chi connectivity index (χ3n) is 4.17. The molecule has 138 valence electrons. The summed E-state index contributed by atoms with van der Waals surface area (Å²) in [5, 5.41) is 22.1. The first-order valence-corrected chi connectivity index (χ1v) is 8.37. The van der Waals surface area contributed by atoms with Crippen LogP contribution in [0, 0.1) is 0 Å². The van der Waals surface area contributed by atoms with E-state index < -0.39 is 5.54 Å². The second kappa shape index (κ2) is 8.90. The minimum absolute atomic E-state index is 0.0904. The Labute approximate surface area is 155 Å². The van der Waals surface area contributed by atoms with Crippen molar-refractivity contribution < 1.29 is 15.0 Å². The normalized spacial score (nSPS) is 25.2. The van der Waals surface area contributed by atoms with E-state index in [2.05, 4.69) is 18.5 Å². The second-order valence-electron chi connectivity index (χ2n) is 5.81. The van der Waals surface area contributed by atoms with Gasteiger partial charge in [0.1, 0.15) is 11.3 Å². The molecule has 0 aromatic rings. The first-order chi connectivity index (χ1) is 12.3. The lowest BCUT2D eigenvalue weighted by Gasteiger charge is -2.34. The molecule has 0 saturated carbocycles. The first kappa shape index (κ1) is 21.0. The van der Waals surface area contributed by atoms with Gasteiger partial charge in [-0.1, -0.05) is 49.6 Å². The molecule has 1 aliphatic rings. The molecule has 1 fully saturated rings. The third kappa shape index (κ3) is 3.97. The topological polar surface area (TPSA) is 69.6 Å². The van der Waals surface area contributed by atoms with Gasteiger partial charge in [-0.05, 0) is 56.6 Å². The molecule has 1 rings (SSSR count). The van der Waals surface area contributed by atoms with Crippen molar-refractivity contribution in [2.24, 2.45) is 0 Å². The minimum Gasteiger partial charge on any atom is -0.513 e. The summed E-state index contributed by atoms with van der Waals surface area (Å²) in [6.07, 6.45) is 13.6. The first-order valence-electron chi connectivity index (χ1n) is 8.37. The lowest BCUT2D eigenvalue weighted by Crippen LogP contribution is -2.45. The van der Waals surface area contributed by atoms with Crippen LogP contribution in [0.4, 0.5) is 0 Å².